The fourth-order valence-electron chi connectivity index (χ4n) is 5.63. The lowest BCUT2D eigenvalue weighted by atomic mass is 9.94. The van der Waals surface area contributed by atoms with E-state index in [1.807, 2.05) is 56.3 Å². The van der Waals surface area contributed by atoms with Gasteiger partial charge in [-0.3, -0.25) is 24.1 Å². The Morgan fingerprint density at radius 3 is 2.07 bits per heavy atom. The molecular formula is C34H45N3O7. The molecule has 0 saturated carbocycles. The molecular weight excluding hydrogens is 562 g/mol. The number of nitrogens with one attached hydrogen (secondary N) is 2. The molecule has 10 heteroatoms. The summed E-state index contributed by atoms with van der Waals surface area (Å²) in [6.45, 7) is 9.23. The average molecular weight is 608 g/mol. The number of epoxide rings is 1. The van der Waals surface area contributed by atoms with Crippen molar-refractivity contribution in [3.05, 3.63) is 65.7 Å². The summed E-state index contributed by atoms with van der Waals surface area (Å²) in [6, 6.07) is 14.8. The van der Waals surface area contributed by atoms with Gasteiger partial charge in [-0.2, -0.15) is 0 Å². The fourth-order valence-corrected chi connectivity index (χ4v) is 5.63. The highest BCUT2D eigenvalue weighted by Gasteiger charge is 2.50. The first-order valence-electron chi connectivity index (χ1n) is 15.3. The fraction of sp³-hybridized carbons (Fsp3) is 0.529. The second-order valence-corrected chi connectivity index (χ2v) is 12.3. The third-order valence-electron chi connectivity index (χ3n) is 8.12. The molecule has 0 bridgehead atoms. The Hall–Kier alpha value is -3.60. The normalized spacial score (nSPS) is 23.6. The molecule has 44 heavy (non-hydrogen) atoms. The van der Waals surface area contributed by atoms with E-state index in [1.165, 1.54) is 0 Å². The monoisotopic (exact) mass is 607 g/mol. The molecule has 2 aromatic rings. The lowest BCUT2D eigenvalue weighted by Gasteiger charge is -2.34. The molecule has 2 N–H and O–H groups in total. The maximum absolute atomic E-state index is 13.8. The summed E-state index contributed by atoms with van der Waals surface area (Å²) in [5.74, 6) is -1.13. The van der Waals surface area contributed by atoms with Crippen LogP contribution >= 0.6 is 0 Å². The second kappa shape index (κ2) is 14.9. The van der Waals surface area contributed by atoms with Crippen LogP contribution in [-0.4, -0.2) is 91.5 Å². The van der Waals surface area contributed by atoms with Gasteiger partial charge in [-0.25, -0.2) is 0 Å². The van der Waals surface area contributed by atoms with Crippen molar-refractivity contribution in [2.24, 2.45) is 5.92 Å². The van der Waals surface area contributed by atoms with Crippen molar-refractivity contribution in [1.82, 2.24) is 15.5 Å². The van der Waals surface area contributed by atoms with Crippen LogP contribution in [0.3, 0.4) is 0 Å². The number of nitrogens with zero attached hydrogens (tertiary/aromatic N) is 1. The maximum Gasteiger partial charge on any atom is 0.243 e. The number of ether oxygens (including phenoxy) is 3. The van der Waals surface area contributed by atoms with Crippen LogP contribution in [0.4, 0.5) is 0 Å². The van der Waals surface area contributed by atoms with Crippen LogP contribution in [0.1, 0.15) is 45.2 Å². The van der Waals surface area contributed by atoms with Gasteiger partial charge in [0.15, 0.2) is 5.78 Å². The quantitative estimate of drug-likeness (QED) is 0.296. The average Bonchev–Trinajstić information content (AvgIpc) is 3.74. The molecule has 0 unspecified atom stereocenters. The van der Waals surface area contributed by atoms with Gasteiger partial charge in [0.25, 0.3) is 0 Å². The summed E-state index contributed by atoms with van der Waals surface area (Å²) in [5, 5.41) is 5.78. The number of hydrogen-bond acceptors (Lipinski definition) is 8. The van der Waals surface area contributed by atoms with Crippen LogP contribution in [0.15, 0.2) is 54.6 Å². The lowest BCUT2D eigenvalue weighted by Crippen LogP contribution is -2.55. The zero-order chi connectivity index (χ0) is 31.9. The summed E-state index contributed by atoms with van der Waals surface area (Å²) in [7, 11) is 1.57. The molecule has 0 aromatic heterocycles. The van der Waals surface area contributed by atoms with E-state index in [-0.39, 0.29) is 49.6 Å². The van der Waals surface area contributed by atoms with Crippen molar-refractivity contribution < 1.29 is 33.4 Å². The van der Waals surface area contributed by atoms with Crippen molar-refractivity contribution in [3.63, 3.8) is 0 Å². The predicted octanol–water partition coefficient (Wildman–Crippen LogP) is 2.51. The van der Waals surface area contributed by atoms with Gasteiger partial charge in [0.1, 0.15) is 23.2 Å². The molecule has 238 valence electrons. The van der Waals surface area contributed by atoms with Crippen molar-refractivity contribution in [2.45, 2.75) is 76.9 Å². The van der Waals surface area contributed by atoms with Gasteiger partial charge < -0.3 is 24.8 Å². The molecule has 0 spiro atoms. The van der Waals surface area contributed by atoms with E-state index in [0.29, 0.717) is 25.4 Å². The molecule has 2 heterocycles. The smallest absolute Gasteiger partial charge is 0.243 e. The Morgan fingerprint density at radius 1 is 0.909 bits per heavy atom. The van der Waals surface area contributed by atoms with Crippen LogP contribution in [-0.2, 0) is 41.5 Å². The summed E-state index contributed by atoms with van der Waals surface area (Å²) in [5.41, 5.74) is 0.753. The summed E-state index contributed by atoms with van der Waals surface area (Å²) in [6.07, 6.45) is 0.601. The first-order chi connectivity index (χ1) is 21.0. The minimum absolute atomic E-state index is 0.0381. The van der Waals surface area contributed by atoms with Crippen LogP contribution < -0.4 is 15.4 Å². The van der Waals surface area contributed by atoms with Gasteiger partial charge in [-0.15, -0.1) is 0 Å². The van der Waals surface area contributed by atoms with E-state index in [0.717, 1.165) is 11.1 Å². The molecule has 2 aromatic carbocycles. The molecule has 10 nitrogen and oxygen atoms in total. The highest BCUT2D eigenvalue weighted by molar-refractivity contribution is 5.98. The molecule has 6 atom stereocenters. The zero-order valence-electron chi connectivity index (χ0n) is 26.3. The Balaban J connectivity index is 1.45. The zero-order valence-corrected chi connectivity index (χ0v) is 26.3. The van der Waals surface area contributed by atoms with Gasteiger partial charge in [0.05, 0.1) is 38.5 Å². The van der Waals surface area contributed by atoms with Crippen LogP contribution in [0.25, 0.3) is 0 Å². The van der Waals surface area contributed by atoms with Gasteiger partial charge in [-0.1, -0.05) is 49.4 Å². The number of carbonyl (C=O) groups is 4. The van der Waals surface area contributed by atoms with Gasteiger partial charge in [-0.05, 0) is 50.5 Å². The summed E-state index contributed by atoms with van der Waals surface area (Å²) < 4.78 is 16.4. The van der Waals surface area contributed by atoms with E-state index < -0.39 is 35.4 Å². The topological polar surface area (TPSA) is 127 Å². The van der Waals surface area contributed by atoms with Gasteiger partial charge >= 0.3 is 0 Å². The Bertz CT molecular complexity index is 1290. The first kappa shape index (κ1) is 33.3. The van der Waals surface area contributed by atoms with E-state index >= 15 is 0 Å². The maximum atomic E-state index is 13.8. The molecule has 0 aliphatic carbocycles. The first-order valence-corrected chi connectivity index (χ1v) is 15.3. The van der Waals surface area contributed by atoms with Crippen molar-refractivity contribution >= 4 is 23.4 Å². The number of ketones is 2. The highest BCUT2D eigenvalue weighted by Crippen LogP contribution is 2.29. The number of morpholine rings is 1. The minimum atomic E-state index is -0.978. The number of rotatable bonds is 15. The van der Waals surface area contributed by atoms with E-state index in [2.05, 4.69) is 15.5 Å². The van der Waals surface area contributed by atoms with Crippen LogP contribution in [0.5, 0.6) is 5.75 Å². The highest BCUT2D eigenvalue weighted by atomic mass is 16.6. The van der Waals surface area contributed by atoms with E-state index in [1.54, 1.807) is 33.1 Å². The van der Waals surface area contributed by atoms with E-state index in [9.17, 15) is 19.2 Å². The molecule has 2 fully saturated rings. The van der Waals surface area contributed by atoms with E-state index in [4.69, 9.17) is 14.2 Å². The van der Waals surface area contributed by atoms with Gasteiger partial charge in [0, 0.05) is 31.8 Å². The van der Waals surface area contributed by atoms with Crippen molar-refractivity contribution in [3.8, 4) is 5.75 Å². The SMILES string of the molecule is COc1ccc(C[C@H](NC(=O)[C@H](C)CC(=O)CN2C[C@@H](C)O[C@@H](C)C2)C(=O)N[C@@H](Cc2ccccc2)C(=O)[C@@]2(C)CO2)cc1. The number of Topliss-reactive ketones (excluding diaryl/α,β-unsaturated/α-hetero) is 2. The second-order valence-electron chi connectivity index (χ2n) is 12.3. The number of benzene rings is 2. The summed E-state index contributed by atoms with van der Waals surface area (Å²) >= 11 is 0. The number of methoxy groups -OCH3 is 1. The predicted molar refractivity (Wildman–Crippen MR) is 165 cm³/mol. The molecule has 2 aliphatic heterocycles. The molecule has 2 saturated heterocycles. The van der Waals surface area contributed by atoms with Crippen molar-refractivity contribution in [2.75, 3.05) is 33.4 Å². The summed E-state index contributed by atoms with van der Waals surface area (Å²) in [4.78, 5) is 55.5. The number of amides is 2. The number of carbonyl (C=O) groups excluding carboxylic acids is 4. The Morgan fingerprint density at radius 2 is 1.48 bits per heavy atom. The molecule has 0 radical (unpaired) electrons. The molecule has 2 amide bonds. The third kappa shape index (κ3) is 9.45. The van der Waals surface area contributed by atoms with Crippen LogP contribution in [0, 0.1) is 5.92 Å². The minimum Gasteiger partial charge on any atom is -0.497 e. The third-order valence-corrected chi connectivity index (χ3v) is 8.12. The largest absolute Gasteiger partial charge is 0.497 e. The standard InChI is InChI=1S/C34H45N3O7/c1-22(15-27(38)20-37-18-23(2)44-24(3)19-37)32(40)36-30(17-26-11-13-28(42-5)14-12-26)33(41)35-29(31(39)34(4)21-43-34)16-25-9-7-6-8-10-25/h6-14,22-24,29-30H,15-21H2,1-5H3,(H,35,41)(H,36,40)/t22-,23-,24+,29+,30+,34-/m1/s1. The Kier molecular flexibility index (Phi) is 11.3. The van der Waals surface area contributed by atoms with Crippen molar-refractivity contribution in [1.29, 1.82) is 0 Å². The Labute approximate surface area is 259 Å². The van der Waals surface area contributed by atoms with Gasteiger partial charge in [0.2, 0.25) is 11.8 Å². The lowest BCUT2D eigenvalue weighted by molar-refractivity contribution is -0.135. The number of hydrogen-bond donors (Lipinski definition) is 2. The molecule has 4 rings (SSSR count). The van der Waals surface area contributed by atoms with Crippen LogP contribution in [0.2, 0.25) is 0 Å². The molecule has 2 aliphatic rings.